The lowest BCUT2D eigenvalue weighted by Crippen LogP contribution is -2.35. The largest absolute Gasteiger partial charge is 0.481 e. The fourth-order valence-electron chi connectivity index (χ4n) is 5.86. The van der Waals surface area contributed by atoms with Crippen molar-refractivity contribution in [1.29, 1.82) is 0 Å². The Morgan fingerprint density at radius 3 is 2.67 bits per heavy atom. The smallest absolute Gasteiger partial charge is 0.303 e. The van der Waals surface area contributed by atoms with Crippen LogP contribution in [0.25, 0.3) is 11.2 Å². The molecule has 2 aliphatic heterocycles. The van der Waals surface area contributed by atoms with Crippen molar-refractivity contribution in [2.75, 3.05) is 31.9 Å². The zero-order valence-corrected chi connectivity index (χ0v) is 25.5. The summed E-state index contributed by atoms with van der Waals surface area (Å²) in [5.74, 6) is -0.0460. The van der Waals surface area contributed by atoms with Crippen molar-refractivity contribution < 1.29 is 14.6 Å². The molecule has 3 atom stereocenters. The van der Waals surface area contributed by atoms with Gasteiger partial charge in [0.05, 0.1) is 22.5 Å². The number of nitrogen functional groups attached to an aromatic ring is 1. The highest BCUT2D eigenvalue weighted by molar-refractivity contribution is 6.42. The quantitative estimate of drug-likeness (QED) is 0.244. The van der Waals surface area contributed by atoms with E-state index in [4.69, 9.17) is 38.8 Å². The molecule has 1 saturated heterocycles. The standard InChI is InChI=1S/C26H33Cl2N7O3.C4H8/c27-20-7-6-18-16(11-30-12-19(18)23(20)28)3-1-9-34(10-2-4-22(36)37)13-17-5-8-21(38-17)35-15-33-24-25(29)31-14-32-26(24)35;1-2-4-3-1/h6-7,14-17,21,30H,1-5,8-13H2,(H,36,37)(H2,29,31,32);1-4H2. The van der Waals surface area contributed by atoms with Gasteiger partial charge in [0.25, 0.3) is 0 Å². The highest BCUT2D eigenvalue weighted by Crippen LogP contribution is 2.36. The van der Waals surface area contributed by atoms with Crippen molar-refractivity contribution in [2.45, 2.75) is 89.0 Å². The summed E-state index contributed by atoms with van der Waals surface area (Å²) < 4.78 is 8.33. The van der Waals surface area contributed by atoms with E-state index in [0.29, 0.717) is 39.4 Å². The Morgan fingerprint density at radius 1 is 1.12 bits per heavy atom. The summed E-state index contributed by atoms with van der Waals surface area (Å²) in [6.45, 7) is 3.98. The van der Waals surface area contributed by atoms with Gasteiger partial charge in [-0.15, -0.1) is 0 Å². The number of nitrogens with two attached hydrogens (primary N) is 1. The van der Waals surface area contributed by atoms with Crippen LogP contribution in [0, 0.1) is 0 Å². The molecule has 3 unspecified atom stereocenters. The van der Waals surface area contributed by atoms with Crippen molar-refractivity contribution in [2.24, 2.45) is 0 Å². The number of carboxylic acids is 1. The lowest BCUT2D eigenvalue weighted by Gasteiger charge is -2.29. The van der Waals surface area contributed by atoms with E-state index >= 15 is 0 Å². The Labute approximate surface area is 256 Å². The van der Waals surface area contributed by atoms with Crippen molar-refractivity contribution in [3.05, 3.63) is 46.0 Å². The maximum absolute atomic E-state index is 11.1. The molecule has 3 aromatic rings. The number of hydrogen-bond acceptors (Lipinski definition) is 8. The van der Waals surface area contributed by atoms with E-state index in [2.05, 4.69) is 31.2 Å². The van der Waals surface area contributed by atoms with E-state index in [1.807, 2.05) is 10.6 Å². The van der Waals surface area contributed by atoms with Crippen LogP contribution >= 0.6 is 23.2 Å². The molecule has 1 aliphatic carbocycles. The number of nitrogens with one attached hydrogen (secondary N) is 1. The van der Waals surface area contributed by atoms with Crippen LogP contribution < -0.4 is 11.1 Å². The fraction of sp³-hybridized carbons (Fsp3) is 0.600. The second-order valence-electron chi connectivity index (χ2n) is 11.5. The number of carbonyl (C=O) groups is 1. The summed E-state index contributed by atoms with van der Waals surface area (Å²) in [4.78, 5) is 26.2. The first-order chi connectivity index (χ1) is 20.4. The molecule has 1 saturated carbocycles. The first-order valence-corrected chi connectivity index (χ1v) is 15.9. The van der Waals surface area contributed by atoms with E-state index in [1.165, 1.54) is 37.6 Å². The highest BCUT2D eigenvalue weighted by atomic mass is 35.5. The molecule has 10 nitrogen and oxygen atoms in total. The number of aliphatic carboxylic acids is 1. The Balaban J connectivity index is 0.000000813. The van der Waals surface area contributed by atoms with Gasteiger partial charge in [-0.3, -0.25) is 9.36 Å². The van der Waals surface area contributed by atoms with Crippen LogP contribution in [0.2, 0.25) is 10.0 Å². The lowest BCUT2D eigenvalue weighted by atomic mass is 9.87. The molecule has 4 heterocycles. The second kappa shape index (κ2) is 14.8. The number of aromatic nitrogens is 4. The molecule has 6 rings (SSSR count). The van der Waals surface area contributed by atoms with Crippen LogP contribution in [0.5, 0.6) is 0 Å². The molecule has 0 spiro atoms. The first kappa shape index (κ1) is 30.9. The molecular weight excluding hydrogens is 577 g/mol. The predicted molar refractivity (Wildman–Crippen MR) is 165 cm³/mol. The summed E-state index contributed by atoms with van der Waals surface area (Å²) in [5, 5.41) is 13.8. The molecule has 42 heavy (non-hydrogen) atoms. The summed E-state index contributed by atoms with van der Waals surface area (Å²) in [6, 6.07) is 3.99. The van der Waals surface area contributed by atoms with E-state index < -0.39 is 5.97 Å². The minimum absolute atomic E-state index is 0.0412. The third kappa shape index (κ3) is 7.71. The molecule has 0 bridgehead atoms. The molecular formula is C30H41Cl2N7O3. The molecule has 1 aromatic carbocycles. The maximum Gasteiger partial charge on any atom is 0.303 e. The minimum Gasteiger partial charge on any atom is -0.481 e. The van der Waals surface area contributed by atoms with Crippen LogP contribution in [-0.2, 0) is 16.1 Å². The number of carboxylic acid groups (broad SMARTS) is 1. The van der Waals surface area contributed by atoms with Crippen molar-refractivity contribution in [3.8, 4) is 0 Å². The van der Waals surface area contributed by atoms with Gasteiger partial charge >= 0.3 is 5.97 Å². The topological polar surface area (TPSA) is 131 Å². The lowest BCUT2D eigenvalue weighted by molar-refractivity contribution is -0.137. The molecule has 0 radical (unpaired) electrons. The summed E-state index contributed by atoms with van der Waals surface area (Å²) >= 11 is 12.7. The number of nitrogens with zero attached hydrogens (tertiary/aromatic N) is 5. The number of hydrogen-bond donors (Lipinski definition) is 3. The minimum atomic E-state index is -0.768. The van der Waals surface area contributed by atoms with Crippen LogP contribution in [0.3, 0.4) is 0 Å². The monoisotopic (exact) mass is 617 g/mol. The van der Waals surface area contributed by atoms with E-state index in [1.54, 1.807) is 6.33 Å². The average molecular weight is 619 g/mol. The maximum atomic E-state index is 11.1. The van der Waals surface area contributed by atoms with Crippen LogP contribution in [0.4, 0.5) is 5.82 Å². The van der Waals surface area contributed by atoms with Crippen molar-refractivity contribution in [3.63, 3.8) is 0 Å². The average Bonchev–Trinajstić information content (AvgIpc) is 3.57. The van der Waals surface area contributed by atoms with Gasteiger partial charge in [-0.2, -0.15) is 0 Å². The molecule has 228 valence electrons. The van der Waals surface area contributed by atoms with Gasteiger partial charge in [0.15, 0.2) is 11.5 Å². The number of ether oxygens (including phenoxy) is 1. The molecule has 3 aliphatic rings. The number of fused-ring (bicyclic) bond motifs is 2. The van der Waals surface area contributed by atoms with Gasteiger partial charge < -0.3 is 25.8 Å². The van der Waals surface area contributed by atoms with Crippen molar-refractivity contribution in [1.82, 2.24) is 29.7 Å². The number of halogens is 2. The number of anilines is 1. The van der Waals surface area contributed by atoms with E-state index in [9.17, 15) is 4.79 Å². The SMILES string of the molecule is C1CCC1.Nc1ncnc2c1ncn2C1CCC(CN(CCCC(=O)O)CCCC2CNCc3c2ccc(Cl)c3Cl)O1. The summed E-state index contributed by atoms with van der Waals surface area (Å²) in [7, 11) is 0. The zero-order valence-electron chi connectivity index (χ0n) is 24.0. The van der Waals surface area contributed by atoms with Crippen LogP contribution in [0.15, 0.2) is 24.8 Å². The molecule has 12 heteroatoms. The van der Waals surface area contributed by atoms with E-state index in [-0.39, 0.29) is 18.8 Å². The fourth-order valence-corrected chi connectivity index (χ4v) is 6.28. The third-order valence-electron chi connectivity index (χ3n) is 8.50. The summed E-state index contributed by atoms with van der Waals surface area (Å²) in [6.07, 6.45) is 13.5. The van der Waals surface area contributed by atoms with Gasteiger partial charge in [0.1, 0.15) is 18.1 Å². The molecule has 0 amide bonds. The Morgan fingerprint density at radius 2 is 1.90 bits per heavy atom. The Kier molecular flexibility index (Phi) is 10.9. The Bertz CT molecular complexity index is 1350. The molecule has 2 aromatic heterocycles. The number of benzene rings is 1. The van der Waals surface area contributed by atoms with Crippen LogP contribution in [0.1, 0.15) is 87.5 Å². The molecule has 2 fully saturated rings. The second-order valence-corrected chi connectivity index (χ2v) is 12.3. The van der Waals surface area contributed by atoms with Crippen molar-refractivity contribution >= 4 is 46.2 Å². The summed E-state index contributed by atoms with van der Waals surface area (Å²) in [5.41, 5.74) is 9.56. The number of imidazole rings is 1. The van der Waals surface area contributed by atoms with Gasteiger partial charge in [0.2, 0.25) is 0 Å². The van der Waals surface area contributed by atoms with E-state index in [0.717, 1.165) is 64.0 Å². The zero-order chi connectivity index (χ0) is 29.5. The number of rotatable bonds is 11. The third-order valence-corrected chi connectivity index (χ3v) is 9.34. The highest BCUT2D eigenvalue weighted by Gasteiger charge is 2.30. The van der Waals surface area contributed by atoms with Gasteiger partial charge in [-0.1, -0.05) is 55.0 Å². The molecule has 4 N–H and O–H groups in total. The predicted octanol–water partition coefficient (Wildman–Crippen LogP) is 5.79. The van der Waals surface area contributed by atoms with Crippen LogP contribution in [-0.4, -0.2) is 67.8 Å². The van der Waals surface area contributed by atoms with Gasteiger partial charge in [-0.05, 0) is 68.3 Å². The Hall–Kier alpha value is -2.50. The normalized spacial score (nSPS) is 21.5. The first-order valence-electron chi connectivity index (χ1n) is 15.1. The van der Waals surface area contributed by atoms with Gasteiger partial charge in [-0.25, -0.2) is 15.0 Å². The van der Waals surface area contributed by atoms with Gasteiger partial charge in [0, 0.05) is 26.1 Å².